The molecule has 0 saturated carbocycles. The highest BCUT2D eigenvalue weighted by Gasteiger charge is 2.19. The molecule has 1 amide bonds. The summed E-state index contributed by atoms with van der Waals surface area (Å²) in [6.07, 6.45) is 1.30. The van der Waals surface area contributed by atoms with Crippen LogP contribution in [0, 0.1) is 10.1 Å². The summed E-state index contributed by atoms with van der Waals surface area (Å²) in [5.74, 6) is -0.138. The second kappa shape index (κ2) is 8.97. The van der Waals surface area contributed by atoms with Gasteiger partial charge in [0, 0.05) is 22.3 Å². The number of aromatic amines is 1. The van der Waals surface area contributed by atoms with Gasteiger partial charge < -0.3 is 19.8 Å². The van der Waals surface area contributed by atoms with Gasteiger partial charge >= 0.3 is 5.69 Å². The third-order valence-corrected chi connectivity index (χ3v) is 4.90. The molecule has 11 heteroatoms. The number of methoxy groups -OCH3 is 1. The Labute approximate surface area is 190 Å². The predicted octanol–water partition coefficient (Wildman–Crippen LogP) is 4.54. The topological polar surface area (TPSA) is 136 Å². The van der Waals surface area contributed by atoms with Crippen LogP contribution in [-0.4, -0.2) is 27.9 Å². The lowest BCUT2D eigenvalue weighted by Gasteiger charge is -2.12. The van der Waals surface area contributed by atoms with Crippen LogP contribution in [0.4, 0.5) is 11.4 Å². The maximum atomic E-state index is 12.7. The average Bonchev–Trinajstić information content (AvgIpc) is 2.80. The van der Waals surface area contributed by atoms with Gasteiger partial charge in [-0.1, -0.05) is 11.6 Å². The van der Waals surface area contributed by atoms with E-state index in [4.69, 9.17) is 21.1 Å². The Bertz CT molecular complexity index is 1450. The van der Waals surface area contributed by atoms with Crippen molar-refractivity contribution in [3.8, 4) is 17.2 Å². The minimum absolute atomic E-state index is 0.0325. The Hall–Kier alpha value is -4.44. The summed E-state index contributed by atoms with van der Waals surface area (Å²) >= 11 is 5.83. The van der Waals surface area contributed by atoms with E-state index in [0.717, 1.165) is 0 Å². The number of H-pyrrole nitrogens is 1. The van der Waals surface area contributed by atoms with Crippen LogP contribution in [0.1, 0.15) is 10.4 Å². The van der Waals surface area contributed by atoms with Crippen molar-refractivity contribution < 1.29 is 19.2 Å². The Kier molecular flexibility index (Phi) is 5.92. The van der Waals surface area contributed by atoms with E-state index in [1.807, 2.05) is 0 Å². The molecule has 0 unspecified atom stereocenters. The first-order valence-electron chi connectivity index (χ1n) is 9.44. The first-order chi connectivity index (χ1) is 15.9. The summed E-state index contributed by atoms with van der Waals surface area (Å²) in [6, 6.07) is 13.1. The van der Waals surface area contributed by atoms with E-state index in [0.29, 0.717) is 16.6 Å². The smallest absolute Gasteiger partial charge is 0.313 e. The number of benzene rings is 3. The fourth-order valence-electron chi connectivity index (χ4n) is 3.08. The zero-order valence-electron chi connectivity index (χ0n) is 17.0. The zero-order chi connectivity index (χ0) is 23.5. The van der Waals surface area contributed by atoms with Gasteiger partial charge in [-0.25, -0.2) is 4.98 Å². The Balaban J connectivity index is 1.59. The van der Waals surface area contributed by atoms with Gasteiger partial charge in [-0.15, -0.1) is 0 Å². The minimum atomic E-state index is -0.611. The maximum Gasteiger partial charge on any atom is 0.313 e. The second-order valence-electron chi connectivity index (χ2n) is 6.75. The summed E-state index contributed by atoms with van der Waals surface area (Å²) in [7, 11) is 1.38. The Morgan fingerprint density at radius 1 is 1.09 bits per heavy atom. The summed E-state index contributed by atoms with van der Waals surface area (Å²) < 4.78 is 11.0. The van der Waals surface area contributed by atoms with E-state index in [1.54, 1.807) is 12.1 Å². The number of fused-ring (bicyclic) bond motifs is 1. The summed E-state index contributed by atoms with van der Waals surface area (Å²) in [4.78, 5) is 41.9. The van der Waals surface area contributed by atoms with Gasteiger partial charge in [0.05, 0.1) is 29.3 Å². The molecule has 0 aliphatic rings. The number of ether oxygens (including phenoxy) is 2. The molecule has 10 nitrogen and oxygen atoms in total. The molecule has 0 fully saturated rings. The minimum Gasteiger partial charge on any atom is -0.493 e. The molecule has 166 valence electrons. The number of carbonyl (C=O) groups excluding carboxylic acids is 1. The van der Waals surface area contributed by atoms with Gasteiger partial charge in [-0.3, -0.25) is 19.7 Å². The molecule has 1 heterocycles. The lowest BCUT2D eigenvalue weighted by Crippen LogP contribution is -2.13. The molecule has 0 bridgehead atoms. The quantitative estimate of drug-likeness (QED) is 0.314. The molecule has 4 aromatic rings. The largest absolute Gasteiger partial charge is 0.493 e. The van der Waals surface area contributed by atoms with Crippen molar-refractivity contribution >= 4 is 39.8 Å². The standard InChI is InChI=1S/C22H15ClN4O6/c1-32-20-8-12(2-6-19(20)33-18-7-3-13(23)9-17(18)27(30)31)21(28)26-14-4-5-16-15(10-14)22(29)25-11-24-16/h2-11H,1H3,(H,26,28)(H,24,25,29). The number of nitro benzene ring substituents is 1. The highest BCUT2D eigenvalue weighted by molar-refractivity contribution is 6.30. The molecule has 0 radical (unpaired) electrons. The molecule has 0 spiro atoms. The number of nitro groups is 1. The van der Waals surface area contributed by atoms with Gasteiger partial charge in [0.1, 0.15) is 0 Å². The predicted molar refractivity (Wildman–Crippen MR) is 121 cm³/mol. The van der Waals surface area contributed by atoms with E-state index in [-0.39, 0.29) is 39.1 Å². The van der Waals surface area contributed by atoms with Gasteiger partial charge in [0.15, 0.2) is 11.5 Å². The molecule has 0 aliphatic heterocycles. The van der Waals surface area contributed by atoms with Crippen molar-refractivity contribution in [3.63, 3.8) is 0 Å². The normalized spacial score (nSPS) is 10.6. The van der Waals surface area contributed by atoms with Crippen molar-refractivity contribution in [1.29, 1.82) is 0 Å². The fourth-order valence-corrected chi connectivity index (χ4v) is 3.25. The lowest BCUT2D eigenvalue weighted by molar-refractivity contribution is -0.385. The van der Waals surface area contributed by atoms with E-state index in [9.17, 15) is 19.7 Å². The number of carbonyl (C=O) groups is 1. The summed E-state index contributed by atoms with van der Waals surface area (Å²) in [5, 5.41) is 14.5. The van der Waals surface area contributed by atoms with Crippen molar-refractivity contribution in [2.24, 2.45) is 0 Å². The SMILES string of the molecule is COc1cc(C(=O)Nc2ccc3nc[nH]c(=O)c3c2)ccc1Oc1ccc(Cl)cc1[N+](=O)[O-]. The van der Waals surface area contributed by atoms with E-state index < -0.39 is 10.8 Å². The van der Waals surface area contributed by atoms with Crippen LogP contribution in [0.2, 0.25) is 5.02 Å². The summed E-state index contributed by atoms with van der Waals surface area (Å²) in [6.45, 7) is 0. The highest BCUT2D eigenvalue weighted by atomic mass is 35.5. The molecule has 1 aromatic heterocycles. The fraction of sp³-hybridized carbons (Fsp3) is 0.0455. The second-order valence-corrected chi connectivity index (χ2v) is 7.19. The molecule has 0 saturated heterocycles. The lowest BCUT2D eigenvalue weighted by atomic mass is 10.1. The molecule has 4 rings (SSSR count). The molecule has 2 N–H and O–H groups in total. The highest BCUT2D eigenvalue weighted by Crippen LogP contribution is 2.38. The van der Waals surface area contributed by atoms with Gasteiger partial charge in [0.2, 0.25) is 5.75 Å². The van der Waals surface area contributed by atoms with Crippen LogP contribution >= 0.6 is 11.6 Å². The van der Waals surface area contributed by atoms with E-state index >= 15 is 0 Å². The molecule has 3 aromatic carbocycles. The van der Waals surface area contributed by atoms with Crippen molar-refractivity contribution in [2.75, 3.05) is 12.4 Å². The number of nitrogens with zero attached hydrogens (tertiary/aromatic N) is 2. The van der Waals surface area contributed by atoms with Crippen LogP contribution < -0.4 is 20.3 Å². The molecular weight excluding hydrogens is 452 g/mol. The van der Waals surface area contributed by atoms with Gasteiger partial charge in [0.25, 0.3) is 11.5 Å². The van der Waals surface area contributed by atoms with Gasteiger partial charge in [-0.2, -0.15) is 0 Å². The molecule has 0 aliphatic carbocycles. The Morgan fingerprint density at radius 3 is 2.64 bits per heavy atom. The van der Waals surface area contributed by atoms with Crippen LogP contribution in [0.25, 0.3) is 10.9 Å². The van der Waals surface area contributed by atoms with Crippen molar-refractivity contribution in [3.05, 3.63) is 92.0 Å². The number of rotatable bonds is 6. The number of amides is 1. The van der Waals surface area contributed by atoms with Crippen molar-refractivity contribution in [2.45, 2.75) is 0 Å². The van der Waals surface area contributed by atoms with Crippen molar-refractivity contribution in [1.82, 2.24) is 9.97 Å². The number of nitrogens with one attached hydrogen (secondary N) is 2. The molecule has 33 heavy (non-hydrogen) atoms. The van der Waals surface area contributed by atoms with E-state index in [1.165, 1.54) is 55.9 Å². The number of aromatic nitrogens is 2. The number of hydrogen-bond acceptors (Lipinski definition) is 7. The molecule has 0 atom stereocenters. The third-order valence-electron chi connectivity index (χ3n) is 4.66. The number of anilines is 1. The number of halogens is 1. The first kappa shape index (κ1) is 21.8. The van der Waals surface area contributed by atoms with Crippen LogP contribution in [0.15, 0.2) is 65.7 Å². The third kappa shape index (κ3) is 4.60. The summed E-state index contributed by atoms with van der Waals surface area (Å²) in [5.41, 5.74) is 0.506. The van der Waals surface area contributed by atoms with Crippen LogP contribution in [0.3, 0.4) is 0 Å². The van der Waals surface area contributed by atoms with Crippen LogP contribution in [-0.2, 0) is 0 Å². The van der Waals surface area contributed by atoms with E-state index in [2.05, 4.69) is 15.3 Å². The van der Waals surface area contributed by atoms with Crippen LogP contribution in [0.5, 0.6) is 17.2 Å². The molecular formula is C22H15ClN4O6. The average molecular weight is 467 g/mol. The zero-order valence-corrected chi connectivity index (χ0v) is 17.8. The monoisotopic (exact) mass is 466 g/mol. The Morgan fingerprint density at radius 2 is 1.88 bits per heavy atom. The first-order valence-corrected chi connectivity index (χ1v) is 9.82. The number of hydrogen-bond donors (Lipinski definition) is 2. The van der Waals surface area contributed by atoms with Gasteiger partial charge in [-0.05, 0) is 48.5 Å². The maximum absolute atomic E-state index is 12.7.